The summed E-state index contributed by atoms with van der Waals surface area (Å²) in [6.45, 7) is 5.81. The second kappa shape index (κ2) is 4.87. The smallest absolute Gasteiger partial charge is 0.306 e. The zero-order chi connectivity index (χ0) is 13.4. The van der Waals surface area contributed by atoms with E-state index in [1.54, 1.807) is 6.92 Å². The summed E-state index contributed by atoms with van der Waals surface area (Å²) in [4.78, 5) is 23.6. The van der Waals surface area contributed by atoms with Crippen molar-refractivity contribution < 1.29 is 14.7 Å². The third-order valence-corrected chi connectivity index (χ3v) is 5.03. The van der Waals surface area contributed by atoms with Crippen LogP contribution in [0.1, 0.15) is 40.0 Å². The highest BCUT2D eigenvalue weighted by molar-refractivity contribution is 5.98. The van der Waals surface area contributed by atoms with E-state index >= 15 is 0 Å². The van der Waals surface area contributed by atoms with Crippen molar-refractivity contribution in [3.8, 4) is 0 Å². The molecule has 1 saturated carbocycles. The number of hydrogen-bond acceptors (Lipinski definition) is 2. The highest BCUT2D eigenvalue weighted by atomic mass is 16.4. The first kappa shape index (κ1) is 13.3. The minimum absolute atomic E-state index is 0.0137. The number of aliphatic carboxylic acids is 1. The van der Waals surface area contributed by atoms with Gasteiger partial charge in [-0.2, -0.15) is 0 Å². The van der Waals surface area contributed by atoms with E-state index in [9.17, 15) is 14.7 Å². The van der Waals surface area contributed by atoms with Gasteiger partial charge in [-0.05, 0) is 43.1 Å². The molecule has 2 rings (SSSR count). The molecule has 5 atom stereocenters. The van der Waals surface area contributed by atoms with Crippen molar-refractivity contribution in [1.29, 1.82) is 0 Å². The zero-order valence-electron chi connectivity index (χ0n) is 11.3. The number of carbonyl (C=O) groups excluding carboxylic acids is 1. The van der Waals surface area contributed by atoms with Crippen LogP contribution in [0.4, 0.5) is 0 Å². The topological polar surface area (TPSA) is 54.4 Å². The molecule has 3 nitrogen and oxygen atoms in total. The maximum Gasteiger partial charge on any atom is 0.306 e. The lowest BCUT2D eigenvalue weighted by atomic mass is 9.59. The summed E-state index contributed by atoms with van der Waals surface area (Å²) >= 11 is 0. The van der Waals surface area contributed by atoms with Crippen molar-refractivity contribution in [2.45, 2.75) is 40.0 Å². The summed E-state index contributed by atoms with van der Waals surface area (Å²) in [6.07, 6.45) is 4.89. The van der Waals surface area contributed by atoms with Crippen LogP contribution in [0.5, 0.6) is 0 Å². The molecule has 100 valence electrons. The van der Waals surface area contributed by atoms with E-state index in [1.807, 2.05) is 13.0 Å². The third-order valence-electron chi connectivity index (χ3n) is 5.03. The molecule has 0 heterocycles. The molecule has 1 fully saturated rings. The molecule has 0 aromatic carbocycles. The van der Waals surface area contributed by atoms with Crippen molar-refractivity contribution >= 4 is 11.8 Å². The maximum absolute atomic E-state index is 12.4. The summed E-state index contributed by atoms with van der Waals surface area (Å²) in [5.74, 6) is -0.170. The Morgan fingerprint density at radius 2 is 2.11 bits per heavy atom. The minimum Gasteiger partial charge on any atom is -0.481 e. The molecule has 0 aromatic heterocycles. The van der Waals surface area contributed by atoms with E-state index in [-0.39, 0.29) is 17.6 Å². The fourth-order valence-electron chi connectivity index (χ4n) is 3.71. The van der Waals surface area contributed by atoms with Gasteiger partial charge in [0, 0.05) is 5.92 Å². The average molecular weight is 250 g/mol. The van der Waals surface area contributed by atoms with Crippen LogP contribution in [0.2, 0.25) is 0 Å². The van der Waals surface area contributed by atoms with Gasteiger partial charge in [0.05, 0.1) is 5.92 Å². The Balaban J connectivity index is 2.31. The van der Waals surface area contributed by atoms with Gasteiger partial charge in [0.25, 0.3) is 0 Å². The van der Waals surface area contributed by atoms with Gasteiger partial charge in [0.2, 0.25) is 0 Å². The SMILES string of the molecule is CC1=CCC2C(C)CCC(C(C)C(=O)O)C2C1=O. The Morgan fingerprint density at radius 1 is 1.44 bits per heavy atom. The van der Waals surface area contributed by atoms with Crippen LogP contribution >= 0.6 is 0 Å². The Kier molecular flexibility index (Phi) is 3.60. The van der Waals surface area contributed by atoms with E-state index in [2.05, 4.69) is 6.92 Å². The first-order chi connectivity index (χ1) is 8.43. The minimum atomic E-state index is -0.770. The maximum atomic E-state index is 12.4. The van der Waals surface area contributed by atoms with Crippen LogP contribution in [0.15, 0.2) is 11.6 Å². The van der Waals surface area contributed by atoms with Crippen LogP contribution in [0.25, 0.3) is 0 Å². The highest BCUT2D eigenvalue weighted by Gasteiger charge is 2.46. The van der Waals surface area contributed by atoms with Gasteiger partial charge < -0.3 is 5.11 Å². The monoisotopic (exact) mass is 250 g/mol. The number of carbonyl (C=O) groups is 2. The zero-order valence-corrected chi connectivity index (χ0v) is 11.3. The van der Waals surface area contributed by atoms with Crippen LogP contribution in [-0.4, -0.2) is 16.9 Å². The number of hydrogen-bond donors (Lipinski definition) is 1. The first-order valence-electron chi connectivity index (χ1n) is 6.87. The second-order valence-corrected chi connectivity index (χ2v) is 6.02. The number of carboxylic acids is 1. The van der Waals surface area contributed by atoms with Gasteiger partial charge in [-0.1, -0.05) is 26.3 Å². The van der Waals surface area contributed by atoms with Crippen LogP contribution in [0.3, 0.4) is 0 Å². The summed E-state index contributed by atoms with van der Waals surface area (Å²) in [7, 11) is 0. The van der Waals surface area contributed by atoms with E-state index in [1.165, 1.54) is 0 Å². The molecular weight excluding hydrogens is 228 g/mol. The number of Topliss-reactive ketones (excluding diaryl/α,β-unsaturated/α-hetero) is 1. The standard InChI is InChI=1S/C15H22O3/c1-8-4-7-12(10(3)15(17)18)13-11(8)6-5-9(2)14(13)16/h5,8,10-13H,4,6-7H2,1-3H3,(H,17,18). The molecule has 5 unspecified atom stereocenters. The number of fused-ring (bicyclic) bond motifs is 1. The first-order valence-corrected chi connectivity index (χ1v) is 6.87. The van der Waals surface area contributed by atoms with Gasteiger partial charge in [0.1, 0.15) is 0 Å². The number of carboxylic acid groups (broad SMARTS) is 1. The van der Waals surface area contributed by atoms with Gasteiger partial charge in [-0.3, -0.25) is 9.59 Å². The Hall–Kier alpha value is -1.12. The van der Waals surface area contributed by atoms with Crippen molar-refractivity contribution in [3.63, 3.8) is 0 Å². The second-order valence-electron chi connectivity index (χ2n) is 6.02. The largest absolute Gasteiger partial charge is 0.481 e. The molecule has 0 saturated heterocycles. The Labute approximate surface area is 108 Å². The highest BCUT2D eigenvalue weighted by Crippen LogP contribution is 2.47. The number of allylic oxidation sites excluding steroid dienone is 2. The fourth-order valence-corrected chi connectivity index (χ4v) is 3.71. The van der Waals surface area contributed by atoms with Gasteiger partial charge in [-0.15, -0.1) is 0 Å². The lowest BCUT2D eigenvalue weighted by Gasteiger charge is -2.44. The van der Waals surface area contributed by atoms with Gasteiger partial charge in [0.15, 0.2) is 5.78 Å². The molecule has 0 radical (unpaired) electrons. The molecule has 0 aliphatic heterocycles. The lowest BCUT2D eigenvalue weighted by molar-refractivity contribution is -0.146. The molecule has 0 bridgehead atoms. The summed E-state index contributed by atoms with van der Waals surface area (Å²) in [5, 5.41) is 9.22. The van der Waals surface area contributed by atoms with Crippen molar-refractivity contribution in [2.24, 2.45) is 29.6 Å². The quantitative estimate of drug-likeness (QED) is 0.819. The molecule has 1 N–H and O–H groups in total. The molecule has 0 aromatic rings. The van der Waals surface area contributed by atoms with Crippen molar-refractivity contribution in [3.05, 3.63) is 11.6 Å². The lowest BCUT2D eigenvalue weighted by Crippen LogP contribution is -2.44. The summed E-state index contributed by atoms with van der Waals surface area (Å²) in [6, 6.07) is 0. The molecule has 0 spiro atoms. The summed E-state index contributed by atoms with van der Waals surface area (Å²) < 4.78 is 0. The molecule has 18 heavy (non-hydrogen) atoms. The van der Waals surface area contributed by atoms with Gasteiger partial charge >= 0.3 is 5.97 Å². The van der Waals surface area contributed by atoms with E-state index < -0.39 is 11.9 Å². The predicted molar refractivity (Wildman–Crippen MR) is 69.0 cm³/mol. The number of rotatable bonds is 2. The molecule has 0 amide bonds. The van der Waals surface area contributed by atoms with E-state index in [0.717, 1.165) is 24.8 Å². The number of ketones is 1. The van der Waals surface area contributed by atoms with Crippen molar-refractivity contribution in [1.82, 2.24) is 0 Å². The molecular formula is C15H22O3. The van der Waals surface area contributed by atoms with E-state index in [0.29, 0.717) is 11.8 Å². The molecule has 2 aliphatic rings. The van der Waals surface area contributed by atoms with Crippen molar-refractivity contribution in [2.75, 3.05) is 0 Å². The summed E-state index contributed by atoms with van der Waals surface area (Å²) in [5.41, 5.74) is 0.827. The van der Waals surface area contributed by atoms with Crippen LogP contribution < -0.4 is 0 Å². The van der Waals surface area contributed by atoms with Crippen LogP contribution in [-0.2, 0) is 9.59 Å². The Bertz CT molecular complexity index is 397. The van der Waals surface area contributed by atoms with Crippen LogP contribution in [0, 0.1) is 29.6 Å². The average Bonchev–Trinajstić information content (AvgIpc) is 2.33. The Morgan fingerprint density at radius 3 is 2.72 bits per heavy atom. The molecule has 3 heteroatoms. The predicted octanol–water partition coefficient (Wildman–Crippen LogP) is 2.90. The third kappa shape index (κ3) is 2.11. The molecule has 2 aliphatic carbocycles. The normalized spacial score (nSPS) is 37.7. The fraction of sp³-hybridized carbons (Fsp3) is 0.733. The van der Waals surface area contributed by atoms with Gasteiger partial charge in [-0.25, -0.2) is 0 Å². The van der Waals surface area contributed by atoms with E-state index in [4.69, 9.17) is 0 Å².